The number of carbonyl (C=O) groups is 2. The fourth-order valence-corrected chi connectivity index (χ4v) is 3.28. The number of hydrogen-bond acceptors (Lipinski definition) is 3. The molecule has 0 heterocycles. The summed E-state index contributed by atoms with van der Waals surface area (Å²) in [7, 11) is 0. The monoisotopic (exact) mass is 389 g/mol. The van der Waals surface area contributed by atoms with Crippen molar-refractivity contribution in [1.82, 2.24) is 0 Å². The van der Waals surface area contributed by atoms with Gasteiger partial charge in [-0.2, -0.15) is 0 Å². The van der Waals surface area contributed by atoms with Crippen LogP contribution in [0.3, 0.4) is 0 Å². The molecule has 0 aliphatic heterocycles. The standard InChI is InChI=1S/C24H39NO3/c1-3-4-5-6-7-8-9-10-11-12-13-14-15-16-24(27)28-23-19-17-22(18-20-23)25-21(2)26/h17-20H,3-16H2,1-2H3,(H,25,26). The average molecular weight is 390 g/mol. The number of ether oxygens (including phenoxy) is 1. The van der Waals surface area contributed by atoms with Gasteiger partial charge in [-0.1, -0.05) is 84.0 Å². The Kier molecular flexibility index (Phi) is 14.0. The Bertz CT molecular complexity index is 539. The Morgan fingerprint density at radius 3 is 1.68 bits per heavy atom. The minimum absolute atomic E-state index is 0.118. The number of benzene rings is 1. The highest BCUT2D eigenvalue weighted by Crippen LogP contribution is 2.17. The smallest absolute Gasteiger partial charge is 0.311 e. The van der Waals surface area contributed by atoms with Crippen LogP contribution in [0.4, 0.5) is 5.69 Å². The normalized spacial score (nSPS) is 10.6. The predicted molar refractivity (Wildman–Crippen MR) is 117 cm³/mol. The number of hydrogen-bond donors (Lipinski definition) is 1. The van der Waals surface area contributed by atoms with E-state index in [1.54, 1.807) is 24.3 Å². The largest absolute Gasteiger partial charge is 0.427 e. The maximum atomic E-state index is 11.9. The zero-order valence-corrected chi connectivity index (χ0v) is 17.9. The summed E-state index contributed by atoms with van der Waals surface area (Å²) in [4.78, 5) is 22.9. The molecule has 0 unspecified atom stereocenters. The number of amides is 1. The Balaban J connectivity index is 1.94. The van der Waals surface area contributed by atoms with Crippen molar-refractivity contribution in [2.75, 3.05) is 5.32 Å². The summed E-state index contributed by atoms with van der Waals surface area (Å²) >= 11 is 0. The second kappa shape index (κ2) is 16.1. The molecular formula is C24H39NO3. The average Bonchev–Trinajstić information content (AvgIpc) is 2.66. The first-order valence-corrected chi connectivity index (χ1v) is 11.2. The molecule has 1 aromatic carbocycles. The Hall–Kier alpha value is -1.84. The molecule has 0 atom stereocenters. The van der Waals surface area contributed by atoms with Gasteiger partial charge in [0.15, 0.2) is 0 Å². The fourth-order valence-electron chi connectivity index (χ4n) is 3.28. The molecule has 1 N–H and O–H groups in total. The molecular weight excluding hydrogens is 350 g/mol. The molecule has 28 heavy (non-hydrogen) atoms. The highest BCUT2D eigenvalue weighted by atomic mass is 16.5. The van der Waals surface area contributed by atoms with E-state index in [0.29, 0.717) is 17.9 Å². The number of anilines is 1. The first kappa shape index (κ1) is 24.2. The van der Waals surface area contributed by atoms with E-state index in [-0.39, 0.29) is 11.9 Å². The molecule has 0 saturated heterocycles. The van der Waals surface area contributed by atoms with E-state index in [9.17, 15) is 9.59 Å². The summed E-state index contributed by atoms with van der Waals surface area (Å²) in [6, 6.07) is 6.87. The molecule has 158 valence electrons. The van der Waals surface area contributed by atoms with E-state index in [2.05, 4.69) is 12.2 Å². The molecule has 0 aliphatic carbocycles. The topological polar surface area (TPSA) is 55.4 Å². The summed E-state index contributed by atoms with van der Waals surface area (Å²) in [6.07, 6.45) is 17.3. The van der Waals surface area contributed by atoms with Crippen molar-refractivity contribution in [1.29, 1.82) is 0 Å². The van der Waals surface area contributed by atoms with E-state index in [1.165, 1.54) is 77.6 Å². The van der Waals surface area contributed by atoms with Crippen LogP contribution in [0.5, 0.6) is 5.75 Å². The van der Waals surface area contributed by atoms with Crippen LogP contribution in [0.1, 0.15) is 104 Å². The summed E-state index contributed by atoms with van der Waals surface area (Å²) in [5, 5.41) is 2.69. The summed E-state index contributed by atoms with van der Waals surface area (Å²) in [6.45, 7) is 3.72. The van der Waals surface area contributed by atoms with Crippen LogP contribution in [0, 0.1) is 0 Å². The molecule has 0 bridgehead atoms. The highest BCUT2D eigenvalue weighted by Gasteiger charge is 2.05. The van der Waals surface area contributed by atoms with E-state index in [1.807, 2.05) is 0 Å². The maximum absolute atomic E-state index is 11.9. The second-order valence-corrected chi connectivity index (χ2v) is 7.67. The zero-order chi connectivity index (χ0) is 20.5. The van der Waals surface area contributed by atoms with Crippen LogP contribution in [0.2, 0.25) is 0 Å². The molecule has 0 radical (unpaired) electrons. The Morgan fingerprint density at radius 1 is 0.750 bits per heavy atom. The van der Waals surface area contributed by atoms with E-state index in [0.717, 1.165) is 12.8 Å². The molecule has 1 amide bonds. The van der Waals surface area contributed by atoms with Gasteiger partial charge in [0.05, 0.1) is 0 Å². The molecule has 4 heteroatoms. The minimum atomic E-state index is -0.185. The van der Waals surface area contributed by atoms with Gasteiger partial charge in [-0.05, 0) is 30.7 Å². The van der Waals surface area contributed by atoms with Crippen LogP contribution in [-0.4, -0.2) is 11.9 Å². The molecule has 0 fully saturated rings. The van der Waals surface area contributed by atoms with Crippen molar-refractivity contribution in [2.45, 2.75) is 104 Å². The van der Waals surface area contributed by atoms with Gasteiger partial charge in [0.2, 0.25) is 5.91 Å². The van der Waals surface area contributed by atoms with E-state index >= 15 is 0 Å². The van der Waals surface area contributed by atoms with Crippen molar-refractivity contribution >= 4 is 17.6 Å². The quantitative estimate of drug-likeness (QED) is 0.187. The molecule has 0 aliphatic rings. The molecule has 0 aromatic heterocycles. The van der Waals surface area contributed by atoms with Crippen LogP contribution in [0.25, 0.3) is 0 Å². The van der Waals surface area contributed by atoms with Crippen molar-refractivity contribution < 1.29 is 14.3 Å². The third-order valence-electron chi connectivity index (χ3n) is 4.89. The molecule has 0 spiro atoms. The summed E-state index contributed by atoms with van der Waals surface area (Å²) in [5.41, 5.74) is 0.698. The van der Waals surface area contributed by atoms with Gasteiger partial charge in [-0.3, -0.25) is 9.59 Å². The summed E-state index contributed by atoms with van der Waals surface area (Å²) in [5.74, 6) is 0.219. The maximum Gasteiger partial charge on any atom is 0.311 e. The molecule has 4 nitrogen and oxygen atoms in total. The molecule has 1 aromatic rings. The third kappa shape index (κ3) is 13.3. The van der Waals surface area contributed by atoms with Crippen molar-refractivity contribution in [3.05, 3.63) is 24.3 Å². The van der Waals surface area contributed by atoms with Gasteiger partial charge in [0.25, 0.3) is 0 Å². The lowest BCUT2D eigenvalue weighted by molar-refractivity contribution is -0.134. The number of nitrogens with one attached hydrogen (secondary N) is 1. The number of carbonyl (C=O) groups excluding carboxylic acids is 2. The van der Waals surface area contributed by atoms with Gasteiger partial charge in [0, 0.05) is 19.0 Å². The third-order valence-corrected chi connectivity index (χ3v) is 4.89. The van der Waals surface area contributed by atoms with E-state index in [4.69, 9.17) is 4.74 Å². The van der Waals surface area contributed by atoms with Gasteiger partial charge in [0.1, 0.15) is 5.75 Å². The van der Waals surface area contributed by atoms with Crippen LogP contribution < -0.4 is 10.1 Å². The minimum Gasteiger partial charge on any atom is -0.427 e. The lowest BCUT2D eigenvalue weighted by atomic mass is 10.0. The van der Waals surface area contributed by atoms with Gasteiger partial charge >= 0.3 is 5.97 Å². The fraction of sp³-hybridized carbons (Fsp3) is 0.667. The summed E-state index contributed by atoms with van der Waals surface area (Å²) < 4.78 is 5.33. The number of unbranched alkanes of at least 4 members (excludes halogenated alkanes) is 12. The van der Waals surface area contributed by atoms with Crippen molar-refractivity contribution in [3.63, 3.8) is 0 Å². The van der Waals surface area contributed by atoms with Crippen molar-refractivity contribution in [2.24, 2.45) is 0 Å². The first-order chi connectivity index (χ1) is 13.6. The SMILES string of the molecule is CCCCCCCCCCCCCCCC(=O)Oc1ccc(NC(C)=O)cc1. The predicted octanol–water partition coefficient (Wildman–Crippen LogP) is 7.03. The number of rotatable bonds is 16. The second-order valence-electron chi connectivity index (χ2n) is 7.67. The van der Waals surface area contributed by atoms with Gasteiger partial charge in [-0.25, -0.2) is 0 Å². The van der Waals surface area contributed by atoms with E-state index < -0.39 is 0 Å². The zero-order valence-electron chi connectivity index (χ0n) is 17.9. The lowest BCUT2D eigenvalue weighted by Gasteiger charge is -2.06. The van der Waals surface area contributed by atoms with Gasteiger partial charge < -0.3 is 10.1 Å². The van der Waals surface area contributed by atoms with Crippen LogP contribution in [0.15, 0.2) is 24.3 Å². The van der Waals surface area contributed by atoms with Gasteiger partial charge in [-0.15, -0.1) is 0 Å². The molecule has 0 saturated carbocycles. The van der Waals surface area contributed by atoms with Crippen molar-refractivity contribution in [3.8, 4) is 5.75 Å². The highest BCUT2D eigenvalue weighted by molar-refractivity contribution is 5.88. The number of esters is 1. The van der Waals surface area contributed by atoms with Crippen LogP contribution in [-0.2, 0) is 9.59 Å². The Morgan fingerprint density at radius 2 is 1.21 bits per heavy atom. The lowest BCUT2D eigenvalue weighted by Crippen LogP contribution is -2.08. The Labute approximate surface area is 171 Å². The van der Waals surface area contributed by atoms with Crippen LogP contribution >= 0.6 is 0 Å². The first-order valence-electron chi connectivity index (χ1n) is 11.2. The molecule has 1 rings (SSSR count).